The van der Waals surface area contributed by atoms with E-state index in [0.717, 1.165) is 76.6 Å². The van der Waals surface area contributed by atoms with E-state index in [1.165, 1.54) is 11.8 Å². The van der Waals surface area contributed by atoms with E-state index < -0.39 is 0 Å². The maximum absolute atomic E-state index is 12.9. The third-order valence-corrected chi connectivity index (χ3v) is 7.11. The van der Waals surface area contributed by atoms with Crippen molar-refractivity contribution in [1.29, 1.82) is 0 Å². The SMILES string of the molecule is CC/C=C\C/C=C\C/C=C\C/C=C\C/C=C\CCCC(=O)N1CCC(CN(C)C(=O)c2cnc(C)c[n+]2OC)CC1. The quantitative estimate of drug-likeness (QED) is 0.133. The Kier molecular flexibility index (Phi) is 16.8. The van der Waals surface area contributed by atoms with Crippen LogP contribution in [0.4, 0.5) is 0 Å². The standard InChI is InChI=1S/C34H51N4O3/c1-5-6-7-8-9-10-11-12-13-14-15-16-17-18-19-20-21-22-33(39)37-25-23-31(24-26-37)29-36(3)34(40)32-27-35-30(2)28-38(32)41-4/h6-7,9-10,12-13,15-16,18-19,27-28,31H,5,8,11,14,17,20-26,29H2,1-4H3/q+1/b7-6-,10-9-,13-12-,16-15-,19-18-. The first-order valence-corrected chi connectivity index (χ1v) is 15.2. The van der Waals surface area contributed by atoms with E-state index >= 15 is 0 Å². The number of aryl methyl sites for hydroxylation is 1. The fraction of sp³-hybridized carbons (Fsp3) is 0.529. The summed E-state index contributed by atoms with van der Waals surface area (Å²) in [4.78, 5) is 38.8. The van der Waals surface area contributed by atoms with Crippen molar-refractivity contribution >= 4 is 11.8 Å². The monoisotopic (exact) mass is 563 g/mol. The highest BCUT2D eigenvalue weighted by Crippen LogP contribution is 2.20. The first-order chi connectivity index (χ1) is 20.0. The average molecular weight is 564 g/mol. The first-order valence-electron chi connectivity index (χ1n) is 15.2. The van der Waals surface area contributed by atoms with Crippen LogP contribution in [0, 0.1) is 12.8 Å². The Labute approximate surface area is 247 Å². The molecule has 0 aliphatic carbocycles. The Morgan fingerprint density at radius 2 is 1.54 bits per heavy atom. The lowest BCUT2D eigenvalue weighted by atomic mass is 9.96. The van der Waals surface area contributed by atoms with Crippen molar-refractivity contribution in [2.45, 2.75) is 78.1 Å². The minimum absolute atomic E-state index is 0.118. The number of nitrogens with zero attached hydrogens (tertiary/aromatic N) is 4. The van der Waals surface area contributed by atoms with Gasteiger partial charge in [0, 0.05) is 37.8 Å². The Morgan fingerprint density at radius 1 is 0.976 bits per heavy atom. The third kappa shape index (κ3) is 13.6. The first kappa shape index (κ1) is 33.7. The topological polar surface area (TPSA) is 66.6 Å². The second-order valence-electron chi connectivity index (χ2n) is 10.5. The Balaban J connectivity index is 1.55. The Hall–Kier alpha value is -3.48. The van der Waals surface area contributed by atoms with Gasteiger partial charge in [-0.2, -0.15) is 0 Å². The molecule has 1 aliphatic rings. The van der Waals surface area contributed by atoms with Crippen molar-refractivity contribution in [3.63, 3.8) is 0 Å². The molecule has 1 fully saturated rings. The molecular formula is C34H51N4O3+. The molecule has 7 heteroatoms. The Morgan fingerprint density at radius 3 is 2.10 bits per heavy atom. The number of aromatic nitrogens is 2. The number of carbonyl (C=O) groups is 2. The number of allylic oxidation sites excluding steroid dienone is 10. The Bertz CT molecular complexity index is 1070. The van der Waals surface area contributed by atoms with Gasteiger partial charge in [0.05, 0.1) is 0 Å². The number of rotatable bonds is 17. The largest absolute Gasteiger partial charge is 0.343 e. The minimum atomic E-state index is -0.118. The summed E-state index contributed by atoms with van der Waals surface area (Å²) in [5.74, 6) is 0.503. The lowest BCUT2D eigenvalue weighted by molar-refractivity contribution is -0.887. The third-order valence-electron chi connectivity index (χ3n) is 7.11. The summed E-state index contributed by atoms with van der Waals surface area (Å²) in [5.41, 5.74) is 1.18. The van der Waals surface area contributed by atoms with Gasteiger partial charge in [0.25, 0.3) is 0 Å². The van der Waals surface area contributed by atoms with E-state index in [1.54, 1.807) is 17.3 Å². The summed E-state index contributed by atoms with van der Waals surface area (Å²) in [6.07, 6.45) is 34.5. The molecule has 0 spiro atoms. The predicted molar refractivity (Wildman–Crippen MR) is 166 cm³/mol. The van der Waals surface area contributed by atoms with Crippen molar-refractivity contribution in [1.82, 2.24) is 14.8 Å². The van der Waals surface area contributed by atoms with Crippen molar-refractivity contribution in [2.24, 2.45) is 5.92 Å². The van der Waals surface area contributed by atoms with Crippen molar-refractivity contribution in [3.8, 4) is 0 Å². The lowest BCUT2D eigenvalue weighted by Crippen LogP contribution is -2.50. The molecule has 0 atom stereocenters. The molecule has 0 bridgehead atoms. The molecule has 2 rings (SSSR count). The maximum Gasteiger partial charge on any atom is 0.339 e. The molecule has 224 valence electrons. The minimum Gasteiger partial charge on any atom is -0.343 e. The molecule has 0 saturated carbocycles. The van der Waals surface area contributed by atoms with Crippen LogP contribution in [0.25, 0.3) is 0 Å². The molecule has 0 N–H and O–H groups in total. The number of unbranched alkanes of at least 4 members (excludes halogenated alkanes) is 1. The van der Waals surface area contributed by atoms with Gasteiger partial charge in [0.2, 0.25) is 12.1 Å². The highest BCUT2D eigenvalue weighted by atomic mass is 16.6. The van der Waals surface area contributed by atoms with Crippen molar-refractivity contribution < 1.29 is 19.2 Å². The van der Waals surface area contributed by atoms with Crippen LogP contribution >= 0.6 is 0 Å². The van der Waals surface area contributed by atoms with E-state index in [2.05, 4.69) is 72.7 Å². The van der Waals surface area contributed by atoms with Crippen LogP contribution in [0.3, 0.4) is 0 Å². The molecule has 41 heavy (non-hydrogen) atoms. The highest BCUT2D eigenvalue weighted by Gasteiger charge is 2.29. The van der Waals surface area contributed by atoms with E-state index in [-0.39, 0.29) is 11.8 Å². The fourth-order valence-corrected chi connectivity index (χ4v) is 4.72. The van der Waals surface area contributed by atoms with Crippen LogP contribution < -0.4 is 9.57 Å². The zero-order valence-corrected chi connectivity index (χ0v) is 25.7. The molecule has 0 aromatic carbocycles. The van der Waals surface area contributed by atoms with Crippen LogP contribution in [0.1, 0.15) is 87.3 Å². The molecule has 7 nitrogen and oxygen atoms in total. The molecule has 1 saturated heterocycles. The van der Waals surface area contributed by atoms with Crippen LogP contribution in [0.5, 0.6) is 0 Å². The van der Waals surface area contributed by atoms with E-state index in [9.17, 15) is 9.59 Å². The van der Waals surface area contributed by atoms with E-state index in [0.29, 0.717) is 24.6 Å². The molecule has 1 aliphatic heterocycles. The summed E-state index contributed by atoms with van der Waals surface area (Å²) in [7, 11) is 3.35. The fourth-order valence-electron chi connectivity index (χ4n) is 4.72. The van der Waals surface area contributed by atoms with Gasteiger partial charge in [-0.3, -0.25) is 14.4 Å². The zero-order chi connectivity index (χ0) is 29.7. The second-order valence-corrected chi connectivity index (χ2v) is 10.5. The predicted octanol–water partition coefficient (Wildman–Crippen LogP) is 5.97. The van der Waals surface area contributed by atoms with Gasteiger partial charge >= 0.3 is 11.6 Å². The number of likely N-dealkylation sites (tertiary alicyclic amines) is 1. The normalized spacial score (nSPS) is 14.9. The van der Waals surface area contributed by atoms with Crippen LogP contribution in [-0.2, 0) is 4.79 Å². The lowest BCUT2D eigenvalue weighted by Gasteiger charge is -2.33. The van der Waals surface area contributed by atoms with Crippen molar-refractivity contribution in [2.75, 3.05) is 33.8 Å². The smallest absolute Gasteiger partial charge is 0.339 e. The maximum atomic E-state index is 12.9. The summed E-state index contributed by atoms with van der Waals surface area (Å²) < 4.78 is 1.46. The summed E-state index contributed by atoms with van der Waals surface area (Å²) in [6, 6.07) is 0. The van der Waals surface area contributed by atoms with Gasteiger partial charge in [-0.25, -0.2) is 4.98 Å². The van der Waals surface area contributed by atoms with Gasteiger partial charge in [-0.05, 0) is 70.6 Å². The molecule has 0 radical (unpaired) electrons. The van der Waals surface area contributed by atoms with Gasteiger partial charge < -0.3 is 9.80 Å². The zero-order valence-electron chi connectivity index (χ0n) is 25.7. The number of hydrogen-bond donors (Lipinski definition) is 0. The van der Waals surface area contributed by atoms with Gasteiger partial charge in [0.15, 0.2) is 0 Å². The van der Waals surface area contributed by atoms with Gasteiger partial charge in [0.1, 0.15) is 19.0 Å². The number of piperidine rings is 1. The average Bonchev–Trinajstić information content (AvgIpc) is 2.98. The summed E-state index contributed by atoms with van der Waals surface area (Å²) in [5, 5.41) is 0. The molecular weight excluding hydrogens is 512 g/mol. The van der Waals surface area contributed by atoms with Gasteiger partial charge in [-0.15, -0.1) is 0 Å². The summed E-state index contributed by atoms with van der Waals surface area (Å²) in [6.45, 7) is 6.18. The van der Waals surface area contributed by atoms with E-state index in [4.69, 9.17) is 4.84 Å². The second kappa shape index (κ2) is 20.4. The number of hydrogen-bond acceptors (Lipinski definition) is 4. The molecule has 0 unspecified atom stereocenters. The molecule has 2 heterocycles. The van der Waals surface area contributed by atoms with Crippen molar-refractivity contribution in [3.05, 3.63) is 84.5 Å². The summed E-state index contributed by atoms with van der Waals surface area (Å²) >= 11 is 0. The van der Waals surface area contributed by atoms with Crippen LogP contribution in [0.15, 0.2) is 73.2 Å². The molecule has 1 aromatic rings. The van der Waals surface area contributed by atoms with Crippen LogP contribution in [-0.4, -0.2) is 60.4 Å². The van der Waals surface area contributed by atoms with E-state index in [1.807, 2.05) is 18.9 Å². The number of carbonyl (C=O) groups excluding carboxylic acids is 2. The van der Waals surface area contributed by atoms with Crippen LogP contribution in [0.2, 0.25) is 0 Å². The molecule has 2 amide bonds. The van der Waals surface area contributed by atoms with Gasteiger partial charge in [-0.1, -0.05) is 67.7 Å². The number of amides is 2. The highest BCUT2D eigenvalue weighted by molar-refractivity contribution is 5.90. The molecule has 1 aromatic heterocycles.